The van der Waals surface area contributed by atoms with E-state index in [1.54, 1.807) is 6.07 Å². The van der Waals surface area contributed by atoms with E-state index in [0.29, 0.717) is 20.2 Å². The summed E-state index contributed by atoms with van der Waals surface area (Å²) in [7, 11) is 1.42. The molecule has 6 nitrogen and oxygen atoms in total. The van der Waals surface area contributed by atoms with E-state index in [4.69, 9.17) is 4.74 Å². The molecule has 0 aliphatic carbocycles. The maximum absolute atomic E-state index is 12.8. The minimum Gasteiger partial charge on any atom is -0.503 e. The second-order valence-electron chi connectivity index (χ2n) is 6.05. The number of methoxy groups -OCH3 is 1. The van der Waals surface area contributed by atoms with Crippen molar-refractivity contribution in [2.24, 2.45) is 0 Å². The van der Waals surface area contributed by atoms with Crippen LogP contribution < -0.4 is 15.2 Å². The van der Waals surface area contributed by atoms with E-state index in [9.17, 15) is 14.7 Å². The summed E-state index contributed by atoms with van der Waals surface area (Å²) in [6.45, 7) is 3.91. The Kier molecular flexibility index (Phi) is 5.30. The molecule has 0 atom stereocenters. The number of nitrogens with zero attached hydrogens (tertiary/aromatic N) is 1. The Hall–Kier alpha value is -2.32. The van der Waals surface area contributed by atoms with Crippen molar-refractivity contribution in [3.05, 3.63) is 55.5 Å². The van der Waals surface area contributed by atoms with Gasteiger partial charge in [-0.15, -0.1) is 0 Å². The van der Waals surface area contributed by atoms with E-state index in [2.05, 4.69) is 37.3 Å². The summed E-state index contributed by atoms with van der Waals surface area (Å²) >= 11 is 6.62. The second-order valence-corrected chi connectivity index (χ2v) is 7.64. The highest BCUT2D eigenvalue weighted by Gasteiger charge is 2.35. The minimum atomic E-state index is -0.506. The van der Waals surface area contributed by atoms with Gasteiger partial charge in [-0.2, -0.15) is 0 Å². The van der Waals surface area contributed by atoms with Gasteiger partial charge in [-0.1, -0.05) is 6.07 Å². The minimum absolute atomic E-state index is 0.0198. The summed E-state index contributed by atoms with van der Waals surface area (Å²) in [4.78, 5) is 25.2. The number of rotatable bonds is 3. The summed E-state index contributed by atoms with van der Waals surface area (Å²) in [5.41, 5.74) is 5.77. The largest absolute Gasteiger partial charge is 0.503 e. The molecule has 0 spiro atoms. The first-order chi connectivity index (χ1) is 12.7. The topological polar surface area (TPSA) is 78.9 Å². The number of halogens is 2. The van der Waals surface area contributed by atoms with Gasteiger partial charge in [0.1, 0.15) is 5.57 Å². The zero-order valence-electron chi connectivity index (χ0n) is 14.8. The molecule has 0 radical (unpaired) electrons. The maximum atomic E-state index is 12.8. The molecule has 1 aliphatic rings. The number of carbonyl (C=O) groups excluding carboxylic acids is 2. The smallest absolute Gasteiger partial charge is 0.282 e. The Morgan fingerprint density at radius 1 is 1.11 bits per heavy atom. The standard InChI is InChI=1S/C19H16Br2N2O4/c1-9-4-5-12(6-10(9)2)23-19(26)13(18(25)22-23)7-11-8-14(27-3)17(24)16(21)15(11)20/h4-8,24H,1-3H3,(H,22,25)/b13-7-. The van der Waals surface area contributed by atoms with Crippen LogP contribution in [0.3, 0.4) is 0 Å². The van der Waals surface area contributed by atoms with Crippen LogP contribution in [0.4, 0.5) is 5.69 Å². The molecule has 1 heterocycles. The molecular weight excluding hydrogens is 480 g/mol. The summed E-state index contributed by atoms with van der Waals surface area (Å²) in [6.07, 6.45) is 1.45. The van der Waals surface area contributed by atoms with Gasteiger partial charge >= 0.3 is 0 Å². The molecule has 0 unspecified atom stereocenters. The predicted molar refractivity (Wildman–Crippen MR) is 110 cm³/mol. The van der Waals surface area contributed by atoms with E-state index < -0.39 is 11.8 Å². The molecule has 27 heavy (non-hydrogen) atoms. The van der Waals surface area contributed by atoms with E-state index in [1.807, 2.05) is 26.0 Å². The van der Waals surface area contributed by atoms with Crippen molar-refractivity contribution in [1.29, 1.82) is 0 Å². The summed E-state index contributed by atoms with van der Waals surface area (Å²) in [5, 5.41) is 11.3. The molecule has 140 valence electrons. The molecule has 2 aromatic rings. The Labute approximate surface area is 173 Å². The van der Waals surface area contributed by atoms with E-state index in [-0.39, 0.29) is 17.1 Å². The van der Waals surface area contributed by atoms with Gasteiger partial charge in [-0.3, -0.25) is 15.0 Å². The quantitative estimate of drug-likeness (QED) is 0.498. The number of phenolic OH excluding ortho intramolecular Hbond substituents is 1. The van der Waals surface area contributed by atoms with Gasteiger partial charge in [-0.25, -0.2) is 5.01 Å². The van der Waals surface area contributed by atoms with E-state index in [0.717, 1.165) is 11.1 Å². The molecule has 3 rings (SSSR count). The monoisotopic (exact) mass is 494 g/mol. The number of benzene rings is 2. The fourth-order valence-electron chi connectivity index (χ4n) is 2.63. The van der Waals surface area contributed by atoms with Crippen LogP contribution in [-0.4, -0.2) is 24.0 Å². The molecule has 8 heteroatoms. The van der Waals surface area contributed by atoms with Crippen molar-refractivity contribution in [3.8, 4) is 11.5 Å². The lowest BCUT2D eigenvalue weighted by Gasteiger charge is -2.16. The van der Waals surface area contributed by atoms with Crippen molar-refractivity contribution >= 4 is 55.4 Å². The number of aryl methyl sites for hydroxylation is 2. The molecule has 0 bridgehead atoms. The van der Waals surface area contributed by atoms with Gasteiger partial charge in [0.05, 0.1) is 17.3 Å². The fourth-order valence-corrected chi connectivity index (χ4v) is 3.47. The Morgan fingerprint density at radius 2 is 1.81 bits per heavy atom. The lowest BCUT2D eigenvalue weighted by atomic mass is 10.1. The first-order valence-electron chi connectivity index (χ1n) is 7.94. The third-order valence-corrected chi connectivity index (χ3v) is 6.49. The zero-order chi connectivity index (χ0) is 19.9. The average molecular weight is 496 g/mol. The Balaban J connectivity index is 2.03. The van der Waals surface area contributed by atoms with Crippen LogP contribution in [0, 0.1) is 13.8 Å². The summed E-state index contributed by atoms with van der Waals surface area (Å²) in [5.74, 6) is -0.828. The number of amides is 2. The molecular formula is C19H16Br2N2O4. The lowest BCUT2D eigenvalue weighted by Crippen LogP contribution is -2.35. The highest BCUT2D eigenvalue weighted by atomic mass is 79.9. The molecule has 0 aromatic heterocycles. The van der Waals surface area contributed by atoms with Crippen LogP contribution in [0.25, 0.3) is 6.08 Å². The Morgan fingerprint density at radius 3 is 2.44 bits per heavy atom. The number of ether oxygens (including phenoxy) is 1. The molecule has 1 saturated heterocycles. The first-order valence-corrected chi connectivity index (χ1v) is 9.52. The van der Waals surface area contributed by atoms with Crippen LogP contribution in [0.5, 0.6) is 11.5 Å². The number of hydrogen-bond donors (Lipinski definition) is 2. The fraction of sp³-hybridized carbons (Fsp3) is 0.158. The third kappa shape index (κ3) is 3.46. The number of anilines is 1. The van der Waals surface area contributed by atoms with Gasteiger partial charge in [0.15, 0.2) is 11.5 Å². The normalized spacial score (nSPS) is 15.4. The molecule has 2 N–H and O–H groups in total. The number of carbonyl (C=O) groups is 2. The van der Waals surface area contributed by atoms with Crippen LogP contribution >= 0.6 is 31.9 Å². The van der Waals surface area contributed by atoms with Gasteiger partial charge in [-0.05, 0) is 86.7 Å². The second kappa shape index (κ2) is 7.36. The predicted octanol–water partition coefficient (Wildman–Crippen LogP) is 4.00. The maximum Gasteiger partial charge on any atom is 0.282 e. The van der Waals surface area contributed by atoms with Crippen LogP contribution in [0.15, 0.2) is 38.8 Å². The highest BCUT2D eigenvalue weighted by molar-refractivity contribution is 9.13. The average Bonchev–Trinajstić information content (AvgIpc) is 2.92. The van der Waals surface area contributed by atoms with Crippen molar-refractivity contribution in [2.45, 2.75) is 13.8 Å². The molecule has 2 aromatic carbocycles. The summed E-state index contributed by atoms with van der Waals surface area (Å²) < 4.78 is 5.99. The number of hydrazine groups is 1. The number of hydrogen-bond acceptors (Lipinski definition) is 4. The van der Waals surface area contributed by atoms with Crippen molar-refractivity contribution < 1.29 is 19.4 Å². The van der Waals surface area contributed by atoms with Crippen molar-refractivity contribution in [2.75, 3.05) is 12.1 Å². The molecule has 1 aliphatic heterocycles. The van der Waals surface area contributed by atoms with Crippen LogP contribution in [-0.2, 0) is 9.59 Å². The van der Waals surface area contributed by atoms with Gasteiger partial charge < -0.3 is 9.84 Å². The van der Waals surface area contributed by atoms with Crippen LogP contribution in [0.1, 0.15) is 16.7 Å². The van der Waals surface area contributed by atoms with Crippen LogP contribution in [0.2, 0.25) is 0 Å². The number of nitrogens with one attached hydrogen (secondary N) is 1. The number of aromatic hydroxyl groups is 1. The Bertz CT molecular complexity index is 1000. The lowest BCUT2D eigenvalue weighted by molar-refractivity contribution is -0.117. The van der Waals surface area contributed by atoms with Gasteiger partial charge in [0.25, 0.3) is 11.8 Å². The SMILES string of the molecule is COc1cc(/C=C2/C(=O)NN(c3ccc(C)c(C)c3)C2=O)c(Br)c(Br)c1O. The molecule has 0 saturated carbocycles. The zero-order valence-corrected chi connectivity index (χ0v) is 17.9. The van der Waals surface area contributed by atoms with Gasteiger partial charge in [0, 0.05) is 4.47 Å². The molecule has 1 fully saturated rings. The summed E-state index contributed by atoms with van der Waals surface area (Å²) in [6, 6.07) is 7.05. The third-order valence-electron chi connectivity index (χ3n) is 4.33. The van der Waals surface area contributed by atoms with Crippen molar-refractivity contribution in [1.82, 2.24) is 5.43 Å². The first kappa shape index (κ1) is 19.4. The highest BCUT2D eigenvalue weighted by Crippen LogP contribution is 2.42. The number of phenols is 1. The van der Waals surface area contributed by atoms with Crippen molar-refractivity contribution in [3.63, 3.8) is 0 Å². The van der Waals surface area contributed by atoms with E-state index >= 15 is 0 Å². The van der Waals surface area contributed by atoms with Gasteiger partial charge in [0.2, 0.25) is 0 Å². The van der Waals surface area contributed by atoms with E-state index in [1.165, 1.54) is 24.3 Å². The molecule has 2 amide bonds.